The molecule has 8 heteroatoms. The number of imide groups is 1. The molecule has 3 aliphatic rings. The van der Waals surface area contributed by atoms with Gasteiger partial charge in [0.2, 0.25) is 11.8 Å². The normalized spacial score (nSPS) is 24.3. The van der Waals surface area contributed by atoms with E-state index < -0.39 is 5.54 Å². The molecule has 0 aromatic heterocycles. The Morgan fingerprint density at radius 3 is 2.58 bits per heavy atom. The Bertz CT molecular complexity index is 1150. The SMILES string of the molecule is CN1C(=O)NC(=O)[C@]12Cc1ccc(NC(=O)CN3C(=O)CCC[C@@H]3c3ccccc3)cc1C2. The van der Waals surface area contributed by atoms with Crippen LogP contribution >= 0.6 is 0 Å². The number of hydrogen-bond acceptors (Lipinski definition) is 4. The summed E-state index contributed by atoms with van der Waals surface area (Å²) in [5, 5.41) is 5.30. The number of nitrogens with one attached hydrogen (secondary N) is 2. The number of piperidine rings is 1. The van der Waals surface area contributed by atoms with Crippen LogP contribution in [0.3, 0.4) is 0 Å². The molecule has 0 unspecified atom stereocenters. The van der Waals surface area contributed by atoms with Crippen molar-refractivity contribution in [3.8, 4) is 0 Å². The van der Waals surface area contributed by atoms with Crippen LogP contribution in [-0.2, 0) is 27.2 Å². The third-order valence-electron chi connectivity index (χ3n) is 7.11. The smallest absolute Gasteiger partial charge is 0.324 e. The minimum Gasteiger partial charge on any atom is -0.326 e. The van der Waals surface area contributed by atoms with Crippen LogP contribution < -0.4 is 10.6 Å². The number of amides is 5. The molecule has 0 radical (unpaired) electrons. The van der Waals surface area contributed by atoms with E-state index in [-0.39, 0.29) is 36.3 Å². The number of nitrogens with zero attached hydrogens (tertiary/aromatic N) is 2. The maximum absolute atomic E-state index is 12.9. The molecule has 2 heterocycles. The zero-order chi connectivity index (χ0) is 23.2. The van der Waals surface area contributed by atoms with Crippen LogP contribution in [0.4, 0.5) is 10.5 Å². The van der Waals surface area contributed by atoms with E-state index in [9.17, 15) is 19.2 Å². The fourth-order valence-electron chi connectivity index (χ4n) is 5.27. The van der Waals surface area contributed by atoms with Crippen molar-refractivity contribution in [2.45, 2.75) is 43.7 Å². The Morgan fingerprint density at radius 2 is 1.85 bits per heavy atom. The molecule has 1 spiro atoms. The minimum absolute atomic E-state index is 0.0129. The summed E-state index contributed by atoms with van der Waals surface area (Å²) in [5.74, 6) is -0.557. The molecule has 5 amide bonds. The highest BCUT2D eigenvalue weighted by atomic mass is 16.2. The summed E-state index contributed by atoms with van der Waals surface area (Å²) in [5.41, 5.74) is 2.67. The van der Waals surface area contributed by atoms with Crippen molar-refractivity contribution in [1.29, 1.82) is 0 Å². The zero-order valence-electron chi connectivity index (χ0n) is 18.5. The lowest BCUT2D eigenvalue weighted by molar-refractivity contribution is -0.139. The van der Waals surface area contributed by atoms with Crippen molar-refractivity contribution < 1.29 is 19.2 Å². The summed E-state index contributed by atoms with van der Waals surface area (Å²) in [6.45, 7) is -0.0148. The average Bonchev–Trinajstić information content (AvgIpc) is 3.28. The average molecular weight is 447 g/mol. The molecule has 2 aromatic rings. The molecule has 1 aliphatic carbocycles. The third-order valence-corrected chi connectivity index (χ3v) is 7.11. The van der Waals surface area contributed by atoms with Gasteiger partial charge in [-0.2, -0.15) is 0 Å². The van der Waals surface area contributed by atoms with Gasteiger partial charge in [-0.3, -0.25) is 19.7 Å². The Balaban J connectivity index is 1.30. The molecular weight excluding hydrogens is 420 g/mol. The van der Waals surface area contributed by atoms with Gasteiger partial charge in [-0.25, -0.2) is 4.79 Å². The van der Waals surface area contributed by atoms with E-state index in [1.165, 1.54) is 4.90 Å². The van der Waals surface area contributed by atoms with Gasteiger partial charge >= 0.3 is 6.03 Å². The molecule has 5 rings (SSSR count). The van der Waals surface area contributed by atoms with Gasteiger partial charge in [0.25, 0.3) is 5.91 Å². The topological polar surface area (TPSA) is 98.8 Å². The largest absolute Gasteiger partial charge is 0.326 e. The predicted molar refractivity (Wildman–Crippen MR) is 121 cm³/mol. The number of rotatable bonds is 4. The summed E-state index contributed by atoms with van der Waals surface area (Å²) in [7, 11) is 1.63. The van der Waals surface area contributed by atoms with Crippen molar-refractivity contribution in [1.82, 2.24) is 15.1 Å². The number of carbonyl (C=O) groups is 4. The maximum atomic E-state index is 12.9. The van der Waals surface area contributed by atoms with E-state index >= 15 is 0 Å². The minimum atomic E-state index is -0.898. The highest BCUT2D eigenvalue weighted by Gasteiger charge is 2.54. The molecule has 2 fully saturated rings. The first-order valence-corrected chi connectivity index (χ1v) is 11.2. The molecule has 170 valence electrons. The number of carbonyl (C=O) groups excluding carboxylic acids is 4. The van der Waals surface area contributed by atoms with Crippen LogP contribution in [0.15, 0.2) is 48.5 Å². The first kappa shape index (κ1) is 21.2. The molecule has 2 N–H and O–H groups in total. The zero-order valence-corrected chi connectivity index (χ0v) is 18.5. The summed E-state index contributed by atoms with van der Waals surface area (Å²) >= 11 is 0. The lowest BCUT2D eigenvalue weighted by atomic mass is 9.95. The fourth-order valence-corrected chi connectivity index (χ4v) is 5.27. The number of likely N-dealkylation sites (N-methyl/N-ethyl adjacent to an activating group) is 1. The fraction of sp³-hybridized carbons (Fsp3) is 0.360. The lowest BCUT2D eigenvalue weighted by Crippen LogP contribution is -2.48. The summed E-state index contributed by atoms with van der Waals surface area (Å²) in [4.78, 5) is 53.1. The van der Waals surface area contributed by atoms with E-state index in [1.54, 1.807) is 18.0 Å². The monoisotopic (exact) mass is 446 g/mol. The summed E-state index contributed by atoms with van der Waals surface area (Å²) in [6.07, 6.45) is 2.95. The second-order valence-electron chi connectivity index (χ2n) is 9.08. The summed E-state index contributed by atoms with van der Waals surface area (Å²) in [6, 6.07) is 14.9. The van der Waals surface area contributed by atoms with Gasteiger partial charge in [-0.15, -0.1) is 0 Å². The van der Waals surface area contributed by atoms with E-state index in [0.717, 1.165) is 29.5 Å². The van der Waals surface area contributed by atoms with Crippen molar-refractivity contribution in [2.24, 2.45) is 0 Å². The summed E-state index contributed by atoms with van der Waals surface area (Å²) < 4.78 is 0. The number of hydrogen-bond donors (Lipinski definition) is 2. The van der Waals surface area contributed by atoms with E-state index in [0.29, 0.717) is 24.9 Å². The van der Waals surface area contributed by atoms with Crippen molar-refractivity contribution >= 4 is 29.4 Å². The molecule has 0 bridgehead atoms. The van der Waals surface area contributed by atoms with Crippen LogP contribution in [0.5, 0.6) is 0 Å². The number of likely N-dealkylation sites (tertiary alicyclic amines) is 1. The number of benzene rings is 2. The van der Waals surface area contributed by atoms with Gasteiger partial charge in [0.05, 0.1) is 6.04 Å². The highest BCUT2D eigenvalue weighted by molar-refractivity contribution is 6.07. The molecule has 2 atom stereocenters. The maximum Gasteiger partial charge on any atom is 0.324 e. The van der Waals surface area contributed by atoms with Crippen molar-refractivity contribution in [3.05, 3.63) is 65.2 Å². The Hall–Kier alpha value is -3.68. The molecule has 33 heavy (non-hydrogen) atoms. The Morgan fingerprint density at radius 1 is 1.09 bits per heavy atom. The number of urea groups is 1. The number of fused-ring (bicyclic) bond motifs is 1. The molecule has 8 nitrogen and oxygen atoms in total. The molecule has 2 aliphatic heterocycles. The molecule has 0 saturated carbocycles. The lowest BCUT2D eigenvalue weighted by Gasteiger charge is -2.35. The van der Waals surface area contributed by atoms with Crippen molar-refractivity contribution in [2.75, 3.05) is 18.9 Å². The van der Waals surface area contributed by atoms with Crippen LogP contribution in [0.25, 0.3) is 0 Å². The first-order chi connectivity index (χ1) is 15.9. The molecule has 2 saturated heterocycles. The van der Waals surface area contributed by atoms with Crippen LogP contribution in [0.1, 0.15) is 42.0 Å². The predicted octanol–water partition coefficient (Wildman–Crippen LogP) is 2.40. The van der Waals surface area contributed by atoms with Gasteiger partial charge < -0.3 is 15.1 Å². The first-order valence-electron chi connectivity index (χ1n) is 11.2. The van der Waals surface area contributed by atoms with Gasteiger partial charge in [0.15, 0.2) is 0 Å². The Kier molecular flexibility index (Phi) is 5.15. The molecule has 2 aromatic carbocycles. The number of anilines is 1. The van der Waals surface area contributed by atoms with Gasteiger partial charge in [0.1, 0.15) is 12.1 Å². The van der Waals surface area contributed by atoms with Crippen LogP contribution in [0.2, 0.25) is 0 Å². The van der Waals surface area contributed by atoms with Crippen molar-refractivity contribution in [3.63, 3.8) is 0 Å². The quantitative estimate of drug-likeness (QED) is 0.705. The standard InChI is InChI=1S/C25H26N4O4/c1-28-24(33)27-23(32)25(28)13-17-10-11-19(12-18(17)14-25)26-21(30)15-29-20(8-5-9-22(29)31)16-6-3-2-4-7-16/h2-4,6-7,10-12,20H,5,8-9,13-15H2,1H3,(H,26,30)(H,27,32,33)/t20-,25-/m1/s1. The van der Waals surface area contributed by atoms with Crippen LogP contribution in [0, 0.1) is 0 Å². The van der Waals surface area contributed by atoms with E-state index in [4.69, 9.17) is 0 Å². The van der Waals surface area contributed by atoms with E-state index in [1.807, 2.05) is 42.5 Å². The third kappa shape index (κ3) is 3.65. The van der Waals surface area contributed by atoms with E-state index in [2.05, 4.69) is 10.6 Å². The molecular formula is C25H26N4O4. The van der Waals surface area contributed by atoms with Gasteiger partial charge in [-0.05, 0) is 41.7 Å². The van der Waals surface area contributed by atoms with Gasteiger partial charge in [-0.1, -0.05) is 36.4 Å². The van der Waals surface area contributed by atoms with Gasteiger partial charge in [0, 0.05) is 32.0 Å². The second kappa shape index (κ2) is 8.03. The second-order valence-corrected chi connectivity index (χ2v) is 9.08. The van der Waals surface area contributed by atoms with Crippen LogP contribution in [-0.4, -0.2) is 52.7 Å². The highest BCUT2D eigenvalue weighted by Crippen LogP contribution is 2.38. The Labute approximate surface area is 191 Å².